The van der Waals surface area contributed by atoms with E-state index in [0.717, 1.165) is 0 Å². The summed E-state index contributed by atoms with van der Waals surface area (Å²) in [7, 11) is 0. The molecule has 1 aliphatic rings. The van der Waals surface area contributed by atoms with Gasteiger partial charge in [-0.1, -0.05) is 11.6 Å². The second-order valence-corrected chi connectivity index (χ2v) is 4.56. The highest BCUT2D eigenvalue weighted by molar-refractivity contribution is 6.31. The molecule has 0 saturated carbocycles. The predicted octanol–water partition coefficient (Wildman–Crippen LogP) is 1.28. The first-order valence-electron chi connectivity index (χ1n) is 5.50. The lowest BCUT2D eigenvalue weighted by atomic mass is 10.1. The van der Waals surface area contributed by atoms with Crippen LogP contribution in [-0.4, -0.2) is 24.5 Å². The van der Waals surface area contributed by atoms with Crippen molar-refractivity contribution >= 4 is 29.0 Å². The summed E-state index contributed by atoms with van der Waals surface area (Å²) in [6.45, 7) is 2.09. The van der Waals surface area contributed by atoms with Crippen molar-refractivity contribution in [1.82, 2.24) is 5.32 Å². The fourth-order valence-electron chi connectivity index (χ4n) is 1.76. The molecular formula is C12H13ClN2O3. The standard InChI is InChI=1S/C12H13ClN2O3/c1-6-4-7(13)5-8(10(6)14)11(17)15-12-9(16)2-3-18-12/h4-5,12H,2-3,14H2,1H3,(H,15,17). The monoisotopic (exact) mass is 268 g/mol. The van der Waals surface area contributed by atoms with E-state index in [9.17, 15) is 9.59 Å². The lowest BCUT2D eigenvalue weighted by Gasteiger charge is -2.13. The minimum absolute atomic E-state index is 0.138. The summed E-state index contributed by atoms with van der Waals surface area (Å²) < 4.78 is 5.10. The van der Waals surface area contributed by atoms with Crippen LogP contribution in [0.3, 0.4) is 0 Å². The molecule has 0 spiro atoms. The third-order valence-electron chi connectivity index (χ3n) is 2.78. The van der Waals surface area contributed by atoms with Gasteiger partial charge in [0, 0.05) is 17.1 Å². The molecular weight excluding hydrogens is 256 g/mol. The fraction of sp³-hybridized carbons (Fsp3) is 0.333. The first-order chi connectivity index (χ1) is 8.49. The Morgan fingerprint density at radius 1 is 1.56 bits per heavy atom. The average molecular weight is 269 g/mol. The van der Waals surface area contributed by atoms with E-state index in [2.05, 4.69) is 5.32 Å². The van der Waals surface area contributed by atoms with E-state index in [-0.39, 0.29) is 11.3 Å². The van der Waals surface area contributed by atoms with Gasteiger partial charge in [-0.25, -0.2) is 0 Å². The van der Waals surface area contributed by atoms with E-state index in [1.165, 1.54) is 6.07 Å². The third kappa shape index (κ3) is 2.47. The number of nitrogens with two attached hydrogens (primary N) is 1. The zero-order chi connectivity index (χ0) is 13.3. The van der Waals surface area contributed by atoms with E-state index < -0.39 is 12.1 Å². The molecule has 0 aromatic heterocycles. The van der Waals surface area contributed by atoms with Crippen molar-refractivity contribution in [2.45, 2.75) is 19.6 Å². The van der Waals surface area contributed by atoms with Crippen LogP contribution in [-0.2, 0) is 9.53 Å². The summed E-state index contributed by atoms with van der Waals surface area (Å²) in [6, 6.07) is 3.14. The first-order valence-corrected chi connectivity index (χ1v) is 5.87. The Bertz CT molecular complexity index is 516. The van der Waals surface area contributed by atoms with Crippen LogP contribution in [0.5, 0.6) is 0 Å². The average Bonchev–Trinajstić information content (AvgIpc) is 2.69. The normalized spacial score (nSPS) is 19.0. The van der Waals surface area contributed by atoms with Crippen LogP contribution >= 0.6 is 11.6 Å². The molecule has 5 nitrogen and oxygen atoms in total. The molecule has 1 amide bonds. The molecule has 1 aliphatic heterocycles. The van der Waals surface area contributed by atoms with Crippen molar-refractivity contribution in [3.8, 4) is 0 Å². The number of rotatable bonds is 2. The number of nitrogen functional groups attached to an aromatic ring is 1. The number of nitrogens with one attached hydrogen (secondary N) is 1. The van der Waals surface area contributed by atoms with Crippen LogP contribution < -0.4 is 11.1 Å². The number of ketones is 1. The molecule has 1 fully saturated rings. The number of hydrogen-bond donors (Lipinski definition) is 2. The van der Waals surface area contributed by atoms with Gasteiger partial charge in [0.05, 0.1) is 12.2 Å². The molecule has 1 heterocycles. The second-order valence-electron chi connectivity index (χ2n) is 4.12. The Morgan fingerprint density at radius 2 is 2.28 bits per heavy atom. The fourth-order valence-corrected chi connectivity index (χ4v) is 2.04. The molecule has 1 atom stereocenters. The molecule has 18 heavy (non-hydrogen) atoms. The van der Waals surface area contributed by atoms with Gasteiger partial charge in [0.2, 0.25) is 0 Å². The highest BCUT2D eigenvalue weighted by Gasteiger charge is 2.27. The number of ether oxygens (including phenoxy) is 1. The van der Waals surface area contributed by atoms with Gasteiger partial charge in [-0.3, -0.25) is 9.59 Å². The minimum atomic E-state index is -0.879. The zero-order valence-corrected chi connectivity index (χ0v) is 10.6. The number of aryl methyl sites for hydroxylation is 1. The van der Waals surface area contributed by atoms with Crippen molar-refractivity contribution < 1.29 is 14.3 Å². The summed E-state index contributed by atoms with van der Waals surface area (Å²) >= 11 is 5.88. The van der Waals surface area contributed by atoms with Gasteiger partial charge in [-0.05, 0) is 24.6 Å². The number of halogens is 1. The van der Waals surface area contributed by atoms with E-state index >= 15 is 0 Å². The number of amides is 1. The molecule has 0 radical (unpaired) electrons. The molecule has 96 valence electrons. The van der Waals surface area contributed by atoms with E-state index in [4.69, 9.17) is 22.1 Å². The first kappa shape index (κ1) is 12.9. The predicted molar refractivity (Wildman–Crippen MR) is 67.4 cm³/mol. The van der Waals surface area contributed by atoms with Gasteiger partial charge in [0.25, 0.3) is 5.91 Å². The molecule has 2 rings (SSSR count). The Labute approximate surface area is 109 Å². The number of hydrogen-bond acceptors (Lipinski definition) is 4. The van der Waals surface area contributed by atoms with E-state index in [1.807, 2.05) is 0 Å². The molecule has 1 aromatic rings. The Kier molecular flexibility index (Phi) is 3.54. The van der Waals surface area contributed by atoms with Gasteiger partial charge in [0.1, 0.15) is 0 Å². The van der Waals surface area contributed by atoms with Gasteiger partial charge >= 0.3 is 0 Å². The number of Topliss-reactive ketones (excluding diaryl/α,β-unsaturated/α-hetero) is 1. The van der Waals surface area contributed by atoms with Crippen molar-refractivity contribution in [1.29, 1.82) is 0 Å². The maximum absolute atomic E-state index is 12.0. The molecule has 1 unspecified atom stereocenters. The van der Waals surface area contributed by atoms with Gasteiger partial charge in [-0.2, -0.15) is 0 Å². The summed E-state index contributed by atoms with van der Waals surface area (Å²) in [6.07, 6.45) is -0.564. The summed E-state index contributed by atoms with van der Waals surface area (Å²) in [5.41, 5.74) is 7.13. The van der Waals surface area contributed by atoms with E-state index in [1.54, 1.807) is 13.0 Å². The Morgan fingerprint density at radius 3 is 2.89 bits per heavy atom. The van der Waals surface area contributed by atoms with Gasteiger partial charge in [-0.15, -0.1) is 0 Å². The maximum Gasteiger partial charge on any atom is 0.255 e. The van der Waals surface area contributed by atoms with Crippen LogP contribution in [0.2, 0.25) is 5.02 Å². The number of anilines is 1. The van der Waals surface area contributed by atoms with Crippen molar-refractivity contribution in [2.75, 3.05) is 12.3 Å². The van der Waals surface area contributed by atoms with Gasteiger partial charge in [0.15, 0.2) is 12.0 Å². The highest BCUT2D eigenvalue weighted by atomic mass is 35.5. The maximum atomic E-state index is 12.0. The Balaban J connectivity index is 2.21. The molecule has 6 heteroatoms. The summed E-state index contributed by atoms with van der Waals surface area (Å²) in [5.74, 6) is -0.598. The summed E-state index contributed by atoms with van der Waals surface area (Å²) in [5, 5.41) is 2.91. The number of carbonyl (C=O) groups is 2. The molecule has 0 aliphatic carbocycles. The van der Waals surface area contributed by atoms with Crippen LogP contribution in [0, 0.1) is 6.92 Å². The van der Waals surface area contributed by atoms with Crippen molar-refractivity contribution in [3.05, 3.63) is 28.3 Å². The van der Waals surface area contributed by atoms with Crippen molar-refractivity contribution in [3.63, 3.8) is 0 Å². The SMILES string of the molecule is Cc1cc(Cl)cc(C(=O)NC2OCCC2=O)c1N. The lowest BCUT2D eigenvalue weighted by Crippen LogP contribution is -2.39. The topological polar surface area (TPSA) is 81.4 Å². The van der Waals surface area contributed by atoms with Crippen molar-refractivity contribution in [2.24, 2.45) is 0 Å². The highest BCUT2D eigenvalue weighted by Crippen LogP contribution is 2.23. The third-order valence-corrected chi connectivity index (χ3v) is 3.00. The molecule has 1 aromatic carbocycles. The zero-order valence-electron chi connectivity index (χ0n) is 9.83. The number of carbonyl (C=O) groups excluding carboxylic acids is 2. The quantitative estimate of drug-likeness (QED) is 0.792. The largest absolute Gasteiger partial charge is 0.398 e. The van der Waals surface area contributed by atoms with Gasteiger partial charge < -0.3 is 15.8 Å². The molecule has 3 N–H and O–H groups in total. The second kappa shape index (κ2) is 4.96. The van der Waals surface area contributed by atoms with Crippen LogP contribution in [0.1, 0.15) is 22.3 Å². The summed E-state index contributed by atoms with van der Waals surface area (Å²) in [4.78, 5) is 23.4. The molecule has 1 saturated heterocycles. The van der Waals surface area contributed by atoms with Crippen LogP contribution in [0.25, 0.3) is 0 Å². The number of benzene rings is 1. The smallest absolute Gasteiger partial charge is 0.255 e. The minimum Gasteiger partial charge on any atom is -0.398 e. The van der Waals surface area contributed by atoms with E-state index in [0.29, 0.717) is 29.3 Å². The lowest BCUT2D eigenvalue weighted by molar-refractivity contribution is -0.123. The van der Waals surface area contributed by atoms with Crippen LogP contribution in [0.15, 0.2) is 12.1 Å². The Hall–Kier alpha value is -1.59. The van der Waals surface area contributed by atoms with Crippen LogP contribution in [0.4, 0.5) is 5.69 Å². The molecule has 0 bridgehead atoms.